The van der Waals surface area contributed by atoms with Crippen LogP contribution in [-0.4, -0.2) is 43.3 Å². The summed E-state index contributed by atoms with van der Waals surface area (Å²) in [5.74, 6) is 0.195. The first-order valence-corrected chi connectivity index (χ1v) is 10.0. The molecule has 0 radical (unpaired) electrons. The minimum absolute atomic E-state index is 0.00908. The van der Waals surface area contributed by atoms with E-state index < -0.39 is 11.7 Å². The van der Waals surface area contributed by atoms with Crippen LogP contribution in [0.25, 0.3) is 0 Å². The number of amides is 1. The van der Waals surface area contributed by atoms with E-state index in [-0.39, 0.29) is 41.8 Å². The Morgan fingerprint density at radius 3 is 2.62 bits per heavy atom. The summed E-state index contributed by atoms with van der Waals surface area (Å²) in [7, 11) is 4.46. The lowest BCUT2D eigenvalue weighted by Gasteiger charge is -2.35. The van der Waals surface area contributed by atoms with E-state index in [2.05, 4.69) is 11.9 Å². The number of ether oxygens (including phenoxy) is 3. The zero-order valence-electron chi connectivity index (χ0n) is 18.6. The van der Waals surface area contributed by atoms with Gasteiger partial charge in [-0.15, -0.1) is 0 Å². The molecule has 1 aliphatic rings. The van der Waals surface area contributed by atoms with Crippen LogP contribution in [0.3, 0.4) is 0 Å². The van der Waals surface area contributed by atoms with Crippen LogP contribution in [0.15, 0.2) is 60.0 Å². The summed E-state index contributed by atoms with van der Waals surface area (Å²) in [6, 6.07) is 9.49. The lowest BCUT2D eigenvalue weighted by molar-refractivity contribution is -0.131. The summed E-state index contributed by atoms with van der Waals surface area (Å²) >= 11 is 0. The maximum atomic E-state index is 14.0. The van der Waals surface area contributed by atoms with E-state index in [1.54, 1.807) is 37.3 Å². The number of aliphatic hydroxyl groups is 1. The fourth-order valence-electron chi connectivity index (χ4n) is 3.70. The molecule has 0 saturated heterocycles. The molecule has 0 spiro atoms. The Balaban J connectivity index is 1.88. The molecular weight excluding hydrogens is 415 g/mol. The Bertz CT molecular complexity index is 1070. The molecule has 32 heavy (non-hydrogen) atoms. The number of benzene rings is 2. The van der Waals surface area contributed by atoms with Crippen LogP contribution >= 0.6 is 0 Å². The predicted molar refractivity (Wildman–Crippen MR) is 120 cm³/mol. The van der Waals surface area contributed by atoms with Crippen LogP contribution in [0.2, 0.25) is 0 Å². The fourth-order valence-corrected chi connectivity index (χ4v) is 3.70. The quantitative estimate of drug-likeness (QED) is 0.630. The Morgan fingerprint density at radius 2 is 1.97 bits per heavy atom. The summed E-state index contributed by atoms with van der Waals surface area (Å²) in [6.07, 6.45) is 0.251. The van der Waals surface area contributed by atoms with Crippen LogP contribution in [0.5, 0.6) is 17.2 Å². The molecule has 1 amide bonds. The molecule has 1 heterocycles. The number of nitrogens with zero attached hydrogens (tertiary/aromatic N) is 1. The van der Waals surface area contributed by atoms with Crippen LogP contribution in [0.4, 0.5) is 10.1 Å². The summed E-state index contributed by atoms with van der Waals surface area (Å²) < 4.78 is 29.8. The zero-order chi connectivity index (χ0) is 23.4. The van der Waals surface area contributed by atoms with Crippen molar-refractivity contribution in [1.82, 2.24) is 4.90 Å². The molecule has 8 heteroatoms. The number of aliphatic hydroxyl groups excluding tert-OH is 1. The average Bonchev–Trinajstić information content (AvgIpc) is 2.76. The van der Waals surface area contributed by atoms with Gasteiger partial charge in [-0.05, 0) is 31.2 Å². The highest BCUT2D eigenvalue weighted by Gasteiger charge is 2.34. The van der Waals surface area contributed by atoms with E-state index in [1.807, 2.05) is 13.0 Å². The molecule has 0 bridgehead atoms. The second-order valence-electron chi connectivity index (χ2n) is 7.41. The van der Waals surface area contributed by atoms with Crippen molar-refractivity contribution in [1.29, 1.82) is 0 Å². The van der Waals surface area contributed by atoms with Crippen molar-refractivity contribution in [3.63, 3.8) is 0 Å². The maximum absolute atomic E-state index is 14.0. The van der Waals surface area contributed by atoms with Crippen molar-refractivity contribution in [2.45, 2.75) is 25.9 Å². The third kappa shape index (κ3) is 4.49. The van der Waals surface area contributed by atoms with Crippen molar-refractivity contribution >= 4 is 11.6 Å². The van der Waals surface area contributed by atoms with Gasteiger partial charge in [-0.2, -0.15) is 0 Å². The van der Waals surface area contributed by atoms with Crippen LogP contribution < -0.4 is 19.5 Å². The van der Waals surface area contributed by atoms with Crippen molar-refractivity contribution in [2.75, 3.05) is 26.6 Å². The SMILES string of the molecule is C=C(Nc1cccc(F)c1OC)C1=C(O)CC(C)N(Cc2ccc(OC)cc2OC)C1=O. The molecule has 3 rings (SSSR count). The smallest absolute Gasteiger partial charge is 0.259 e. The number of halogens is 1. The van der Waals surface area contributed by atoms with Gasteiger partial charge >= 0.3 is 0 Å². The third-order valence-electron chi connectivity index (χ3n) is 5.38. The predicted octanol–water partition coefficient (Wildman–Crippen LogP) is 4.41. The topological polar surface area (TPSA) is 80.3 Å². The van der Waals surface area contributed by atoms with E-state index >= 15 is 0 Å². The van der Waals surface area contributed by atoms with Crippen molar-refractivity contribution in [2.24, 2.45) is 0 Å². The van der Waals surface area contributed by atoms with Crippen LogP contribution in [0, 0.1) is 5.82 Å². The number of carbonyl (C=O) groups is 1. The van der Waals surface area contributed by atoms with E-state index in [4.69, 9.17) is 14.2 Å². The van der Waals surface area contributed by atoms with Crippen molar-refractivity contribution in [3.05, 3.63) is 71.4 Å². The Morgan fingerprint density at radius 1 is 1.22 bits per heavy atom. The van der Waals surface area contributed by atoms with Gasteiger partial charge in [-0.25, -0.2) is 4.39 Å². The van der Waals surface area contributed by atoms with Gasteiger partial charge < -0.3 is 29.5 Å². The number of anilines is 1. The number of para-hydroxylation sites is 1. The molecule has 0 aliphatic carbocycles. The van der Waals surface area contributed by atoms with Crippen LogP contribution in [-0.2, 0) is 11.3 Å². The molecule has 2 aromatic carbocycles. The fraction of sp³-hybridized carbons (Fsp3) is 0.292. The summed E-state index contributed by atoms with van der Waals surface area (Å²) in [5.41, 5.74) is 1.28. The maximum Gasteiger partial charge on any atom is 0.259 e. The molecule has 170 valence electrons. The van der Waals surface area contributed by atoms with Gasteiger partial charge in [-0.3, -0.25) is 4.79 Å². The first-order valence-electron chi connectivity index (χ1n) is 10.0. The zero-order valence-corrected chi connectivity index (χ0v) is 18.6. The molecular formula is C24H27FN2O5. The monoisotopic (exact) mass is 442 g/mol. The molecule has 1 aliphatic heterocycles. The lowest BCUT2D eigenvalue weighted by Crippen LogP contribution is -2.43. The van der Waals surface area contributed by atoms with E-state index in [0.29, 0.717) is 17.2 Å². The lowest BCUT2D eigenvalue weighted by atomic mass is 9.97. The molecule has 1 atom stereocenters. The normalized spacial score (nSPS) is 16.1. The van der Waals surface area contributed by atoms with Gasteiger partial charge in [0.2, 0.25) is 0 Å². The number of hydrogen-bond acceptors (Lipinski definition) is 6. The summed E-state index contributed by atoms with van der Waals surface area (Å²) in [5, 5.41) is 13.5. The van der Waals surface area contributed by atoms with E-state index in [9.17, 15) is 14.3 Å². The number of nitrogens with one attached hydrogen (secondary N) is 1. The van der Waals surface area contributed by atoms with Crippen molar-refractivity contribution in [3.8, 4) is 17.2 Å². The van der Waals surface area contributed by atoms with Gasteiger partial charge in [0.1, 0.15) is 17.3 Å². The molecule has 1 unspecified atom stereocenters. The molecule has 7 nitrogen and oxygen atoms in total. The summed E-state index contributed by atoms with van der Waals surface area (Å²) in [4.78, 5) is 15.0. The van der Waals surface area contributed by atoms with Crippen LogP contribution in [0.1, 0.15) is 18.9 Å². The van der Waals surface area contributed by atoms with Crippen molar-refractivity contribution < 1.29 is 28.5 Å². The van der Waals surface area contributed by atoms with E-state index in [1.165, 1.54) is 19.2 Å². The minimum atomic E-state index is -0.555. The van der Waals surface area contributed by atoms with Gasteiger partial charge in [0.25, 0.3) is 5.91 Å². The summed E-state index contributed by atoms with van der Waals surface area (Å²) in [6.45, 7) is 6.03. The second-order valence-corrected chi connectivity index (χ2v) is 7.41. The number of hydrogen-bond donors (Lipinski definition) is 2. The first kappa shape index (κ1) is 23.0. The van der Waals surface area contributed by atoms with Gasteiger partial charge in [-0.1, -0.05) is 12.6 Å². The number of carbonyl (C=O) groups excluding carboxylic acids is 1. The average molecular weight is 442 g/mol. The standard InChI is InChI=1S/C24H27FN2O5/c1-14-11-20(28)22(15(2)26-19-8-6-7-18(25)23(19)32-5)24(29)27(14)13-16-9-10-17(30-3)12-21(16)31-4/h6-10,12,14,26,28H,2,11,13H2,1,3-5H3. The minimum Gasteiger partial charge on any atom is -0.511 e. The van der Waals surface area contributed by atoms with Gasteiger partial charge in [0.15, 0.2) is 11.6 Å². The largest absolute Gasteiger partial charge is 0.511 e. The second kappa shape index (κ2) is 9.64. The highest BCUT2D eigenvalue weighted by Crippen LogP contribution is 2.34. The van der Waals surface area contributed by atoms with Gasteiger partial charge in [0.05, 0.1) is 32.6 Å². The number of methoxy groups -OCH3 is 3. The number of rotatable bonds is 8. The Hall–Kier alpha value is -3.68. The molecule has 0 saturated carbocycles. The molecule has 0 aromatic heterocycles. The highest BCUT2D eigenvalue weighted by molar-refractivity contribution is 6.00. The highest BCUT2D eigenvalue weighted by atomic mass is 19.1. The van der Waals surface area contributed by atoms with E-state index in [0.717, 1.165) is 5.56 Å². The molecule has 0 fully saturated rings. The third-order valence-corrected chi connectivity index (χ3v) is 5.38. The first-order chi connectivity index (χ1) is 15.3. The molecule has 2 aromatic rings. The Kier molecular flexibility index (Phi) is 6.92. The Labute approximate surface area is 186 Å². The molecule has 2 N–H and O–H groups in total. The van der Waals surface area contributed by atoms with Gasteiger partial charge in [0, 0.05) is 36.3 Å².